The molecule has 0 saturated carbocycles. The molecule has 3 aromatic rings. The van der Waals surface area contributed by atoms with Gasteiger partial charge in [0, 0.05) is 0 Å². The Hall–Kier alpha value is -2.60. The van der Waals surface area contributed by atoms with Gasteiger partial charge in [0.05, 0.1) is 0 Å². The first-order valence-electron chi connectivity index (χ1n) is 10.5. The molecule has 0 N–H and O–H groups in total. The molecular weight excluding hydrogens is 336 g/mol. The summed E-state index contributed by atoms with van der Waals surface area (Å²) in [5, 5.41) is 0. The lowest BCUT2D eigenvalue weighted by Gasteiger charge is -2.26. The largest absolute Gasteiger partial charge is 0.0652 e. The van der Waals surface area contributed by atoms with E-state index < -0.39 is 0 Å². The van der Waals surface area contributed by atoms with Crippen LogP contribution >= 0.6 is 0 Å². The summed E-state index contributed by atoms with van der Waals surface area (Å²) in [5.74, 6) is 0. The van der Waals surface area contributed by atoms with E-state index in [0.717, 1.165) is 6.42 Å². The van der Waals surface area contributed by atoms with Crippen LogP contribution in [0.1, 0.15) is 57.2 Å². The van der Waals surface area contributed by atoms with E-state index in [2.05, 4.69) is 101 Å². The van der Waals surface area contributed by atoms with Crippen molar-refractivity contribution in [3.8, 4) is 22.3 Å². The summed E-state index contributed by atoms with van der Waals surface area (Å²) in [6, 6.07) is 24.4. The van der Waals surface area contributed by atoms with Gasteiger partial charge < -0.3 is 0 Å². The van der Waals surface area contributed by atoms with Crippen LogP contribution in [0, 0.1) is 0 Å². The molecule has 0 amide bonds. The summed E-state index contributed by atoms with van der Waals surface area (Å²) < 4.78 is 0. The van der Waals surface area contributed by atoms with E-state index in [1.165, 1.54) is 51.8 Å². The average molecular weight is 367 g/mol. The highest BCUT2D eigenvalue weighted by Crippen LogP contribution is 2.44. The van der Waals surface area contributed by atoms with Crippen LogP contribution in [0.15, 0.2) is 72.3 Å². The fourth-order valence-corrected chi connectivity index (χ4v) is 4.45. The first kappa shape index (κ1) is 18.7. The molecule has 1 aliphatic carbocycles. The number of rotatable bonds is 4. The predicted molar refractivity (Wildman–Crippen MR) is 123 cm³/mol. The van der Waals surface area contributed by atoms with Gasteiger partial charge >= 0.3 is 0 Å². The van der Waals surface area contributed by atoms with Crippen molar-refractivity contribution in [3.63, 3.8) is 0 Å². The molecule has 1 aliphatic rings. The summed E-state index contributed by atoms with van der Waals surface area (Å²) in [4.78, 5) is 0. The lowest BCUT2D eigenvalue weighted by atomic mass is 9.78. The monoisotopic (exact) mass is 366 g/mol. The van der Waals surface area contributed by atoms with Crippen LogP contribution in [0.25, 0.3) is 28.3 Å². The van der Waals surface area contributed by atoms with Gasteiger partial charge in [-0.05, 0) is 57.2 Å². The highest BCUT2D eigenvalue weighted by atomic mass is 14.3. The molecule has 0 nitrogen and oxygen atoms in total. The minimum absolute atomic E-state index is 0.0928. The van der Waals surface area contributed by atoms with Crippen molar-refractivity contribution in [2.75, 3.05) is 0 Å². The quantitative estimate of drug-likeness (QED) is 0.438. The van der Waals surface area contributed by atoms with Crippen molar-refractivity contribution < 1.29 is 0 Å². The predicted octanol–water partition coefficient (Wildman–Crippen LogP) is 8.06. The lowest BCUT2D eigenvalue weighted by Crippen LogP contribution is -2.14. The van der Waals surface area contributed by atoms with Crippen LogP contribution in [0.5, 0.6) is 0 Å². The van der Waals surface area contributed by atoms with Gasteiger partial charge in [0.25, 0.3) is 0 Å². The van der Waals surface area contributed by atoms with Crippen molar-refractivity contribution in [1.82, 2.24) is 0 Å². The molecular formula is C28H30. The maximum absolute atomic E-state index is 2.48. The Bertz CT molecular complexity index is 1010. The number of hydrogen-bond acceptors (Lipinski definition) is 0. The van der Waals surface area contributed by atoms with Gasteiger partial charge in [-0.1, -0.05) is 112 Å². The van der Waals surface area contributed by atoms with Gasteiger partial charge in [0.1, 0.15) is 0 Å². The van der Waals surface area contributed by atoms with Crippen LogP contribution in [0.4, 0.5) is 0 Å². The average Bonchev–Trinajstić information content (AvgIpc) is 3.10. The molecule has 28 heavy (non-hydrogen) atoms. The van der Waals surface area contributed by atoms with E-state index in [1.807, 2.05) is 0 Å². The zero-order chi connectivity index (χ0) is 19.7. The molecule has 0 bridgehead atoms. The van der Waals surface area contributed by atoms with Crippen molar-refractivity contribution in [1.29, 1.82) is 0 Å². The summed E-state index contributed by atoms with van der Waals surface area (Å²) in [7, 11) is 0. The molecule has 0 aromatic heterocycles. The van der Waals surface area contributed by atoms with E-state index in [-0.39, 0.29) is 5.41 Å². The normalized spacial score (nSPS) is 13.4. The lowest BCUT2D eigenvalue weighted by molar-refractivity contribution is 0.591. The van der Waals surface area contributed by atoms with Crippen molar-refractivity contribution >= 4 is 6.08 Å². The molecule has 4 rings (SSSR count). The standard InChI is InChI=1S/C28H30/c1-5-11-20-18-22-16-17-26(28(2,3)4)27(25(22)19-20)24-15-10-9-14-23(24)21-12-7-6-8-13-21/h6-10,12-17,19H,5,11,18H2,1-4H3. The smallest absolute Gasteiger partial charge is 0.00576 e. The first-order valence-corrected chi connectivity index (χ1v) is 10.5. The molecule has 0 heterocycles. The minimum Gasteiger partial charge on any atom is -0.0652 e. The molecule has 0 atom stereocenters. The van der Waals surface area contributed by atoms with Crippen molar-refractivity contribution in [3.05, 3.63) is 89.0 Å². The zero-order valence-corrected chi connectivity index (χ0v) is 17.5. The molecule has 0 spiro atoms. The van der Waals surface area contributed by atoms with Crippen LogP contribution in [-0.4, -0.2) is 0 Å². The third kappa shape index (κ3) is 3.44. The van der Waals surface area contributed by atoms with Gasteiger partial charge in [-0.2, -0.15) is 0 Å². The van der Waals surface area contributed by atoms with Crippen molar-refractivity contribution in [2.45, 2.75) is 52.4 Å². The molecule has 3 aromatic carbocycles. The number of fused-ring (bicyclic) bond motifs is 1. The number of allylic oxidation sites excluding steroid dienone is 1. The van der Waals surface area contributed by atoms with E-state index >= 15 is 0 Å². The molecule has 142 valence electrons. The van der Waals surface area contributed by atoms with E-state index in [9.17, 15) is 0 Å². The Morgan fingerprint density at radius 3 is 2.14 bits per heavy atom. The van der Waals surface area contributed by atoms with Gasteiger partial charge in [-0.15, -0.1) is 0 Å². The van der Waals surface area contributed by atoms with Gasteiger partial charge in [-0.25, -0.2) is 0 Å². The fourth-order valence-electron chi connectivity index (χ4n) is 4.45. The van der Waals surface area contributed by atoms with Crippen LogP contribution in [0.2, 0.25) is 0 Å². The van der Waals surface area contributed by atoms with Crippen LogP contribution in [-0.2, 0) is 11.8 Å². The van der Waals surface area contributed by atoms with Crippen molar-refractivity contribution in [2.24, 2.45) is 0 Å². The topological polar surface area (TPSA) is 0 Å². The highest BCUT2D eigenvalue weighted by molar-refractivity contribution is 5.91. The van der Waals surface area contributed by atoms with Gasteiger partial charge in [0.15, 0.2) is 0 Å². The van der Waals surface area contributed by atoms with Crippen LogP contribution < -0.4 is 0 Å². The summed E-state index contributed by atoms with van der Waals surface area (Å²) in [6.07, 6.45) is 5.99. The van der Waals surface area contributed by atoms with E-state index in [4.69, 9.17) is 0 Å². The number of hydrogen-bond donors (Lipinski definition) is 0. The zero-order valence-electron chi connectivity index (χ0n) is 17.5. The second-order valence-corrected chi connectivity index (χ2v) is 8.95. The maximum Gasteiger partial charge on any atom is -0.00576 e. The van der Waals surface area contributed by atoms with Gasteiger partial charge in [-0.3, -0.25) is 0 Å². The SMILES string of the molecule is CCCC1=Cc2c(ccc(C(C)(C)C)c2-c2ccccc2-c2ccccc2)C1. The Balaban J connectivity index is 2.00. The molecule has 0 radical (unpaired) electrons. The second kappa shape index (κ2) is 7.43. The Morgan fingerprint density at radius 1 is 0.786 bits per heavy atom. The first-order chi connectivity index (χ1) is 13.5. The third-order valence-electron chi connectivity index (χ3n) is 5.76. The molecule has 0 fully saturated rings. The fraction of sp³-hybridized carbons (Fsp3) is 0.286. The van der Waals surface area contributed by atoms with E-state index in [1.54, 1.807) is 5.57 Å². The molecule has 0 heteroatoms. The Kier molecular flexibility index (Phi) is 4.98. The minimum atomic E-state index is 0.0928. The summed E-state index contributed by atoms with van der Waals surface area (Å²) in [6.45, 7) is 9.26. The molecule has 0 unspecified atom stereocenters. The van der Waals surface area contributed by atoms with Gasteiger partial charge in [0.2, 0.25) is 0 Å². The van der Waals surface area contributed by atoms with E-state index in [0.29, 0.717) is 0 Å². The second-order valence-electron chi connectivity index (χ2n) is 8.95. The number of benzene rings is 3. The summed E-state index contributed by atoms with van der Waals surface area (Å²) in [5.41, 5.74) is 11.4. The Labute approximate surface area is 169 Å². The summed E-state index contributed by atoms with van der Waals surface area (Å²) >= 11 is 0. The molecule has 0 aliphatic heterocycles. The maximum atomic E-state index is 2.48. The molecule has 0 saturated heterocycles. The van der Waals surface area contributed by atoms with Crippen LogP contribution in [0.3, 0.4) is 0 Å². The highest BCUT2D eigenvalue weighted by Gasteiger charge is 2.26. The third-order valence-corrected chi connectivity index (χ3v) is 5.76. The Morgan fingerprint density at radius 2 is 1.46 bits per heavy atom.